The maximum absolute atomic E-state index is 12.3. The minimum absolute atomic E-state index is 0.358. The quantitative estimate of drug-likeness (QED) is 0.480. The lowest BCUT2D eigenvalue weighted by Crippen LogP contribution is -2.37. The third-order valence-electron chi connectivity index (χ3n) is 4.40. The molecule has 0 saturated carbocycles. The van der Waals surface area contributed by atoms with Crippen molar-refractivity contribution in [2.24, 2.45) is 11.8 Å². The van der Waals surface area contributed by atoms with Crippen molar-refractivity contribution < 1.29 is 23.9 Å². The summed E-state index contributed by atoms with van der Waals surface area (Å²) in [4.78, 5) is 49.2. The van der Waals surface area contributed by atoms with E-state index in [1.165, 1.54) is 0 Å². The van der Waals surface area contributed by atoms with Crippen LogP contribution >= 0.6 is 11.6 Å². The van der Waals surface area contributed by atoms with Gasteiger partial charge in [-0.2, -0.15) is 0 Å². The Balaban J connectivity index is 1.50. The van der Waals surface area contributed by atoms with Crippen LogP contribution in [0.1, 0.15) is 12.8 Å². The normalized spacial score (nSPS) is 21.5. The van der Waals surface area contributed by atoms with Gasteiger partial charge in [-0.3, -0.25) is 24.1 Å². The van der Waals surface area contributed by atoms with Crippen molar-refractivity contribution in [2.45, 2.75) is 12.8 Å². The number of halogens is 1. The van der Waals surface area contributed by atoms with Crippen LogP contribution in [0.25, 0.3) is 0 Å². The van der Waals surface area contributed by atoms with Gasteiger partial charge in [0, 0.05) is 0 Å². The van der Waals surface area contributed by atoms with E-state index in [-0.39, 0.29) is 11.8 Å². The van der Waals surface area contributed by atoms with Crippen LogP contribution in [0.5, 0.6) is 0 Å². The molecule has 3 rings (SSSR count). The van der Waals surface area contributed by atoms with Crippen molar-refractivity contribution in [3.05, 3.63) is 41.4 Å². The third-order valence-corrected chi connectivity index (χ3v) is 4.73. The highest BCUT2D eigenvalue weighted by molar-refractivity contribution is 6.33. The average Bonchev–Trinajstić information content (AvgIpc) is 2.87. The number of hydrogen-bond donors (Lipinski definition) is 1. The highest BCUT2D eigenvalue weighted by Crippen LogP contribution is 2.34. The topological polar surface area (TPSA) is 92.8 Å². The second-order valence-corrected chi connectivity index (χ2v) is 6.51. The van der Waals surface area contributed by atoms with Crippen molar-refractivity contribution in [3.63, 3.8) is 0 Å². The Morgan fingerprint density at radius 2 is 1.73 bits per heavy atom. The molecule has 1 N–H and O–H groups in total. The van der Waals surface area contributed by atoms with Gasteiger partial charge in [0.05, 0.1) is 22.5 Å². The van der Waals surface area contributed by atoms with Crippen LogP contribution in [0.3, 0.4) is 0 Å². The molecule has 0 radical (unpaired) electrons. The molecule has 1 aromatic rings. The Labute approximate surface area is 154 Å². The van der Waals surface area contributed by atoms with E-state index in [4.69, 9.17) is 16.3 Å². The summed E-state index contributed by atoms with van der Waals surface area (Å²) in [5, 5.41) is 2.87. The van der Waals surface area contributed by atoms with Crippen LogP contribution in [-0.2, 0) is 23.9 Å². The number of imide groups is 1. The first-order chi connectivity index (χ1) is 12.5. The number of ether oxygens (including phenoxy) is 1. The first-order valence-electron chi connectivity index (χ1n) is 8.17. The molecular weight excluding hydrogens is 360 g/mol. The number of fused-ring (bicyclic) bond motifs is 1. The number of benzene rings is 1. The van der Waals surface area contributed by atoms with E-state index < -0.39 is 36.9 Å². The maximum atomic E-state index is 12.3. The second-order valence-electron chi connectivity index (χ2n) is 6.11. The highest BCUT2D eigenvalue weighted by atomic mass is 35.5. The lowest BCUT2D eigenvalue weighted by molar-refractivity contribution is -0.154. The third kappa shape index (κ3) is 3.77. The van der Waals surface area contributed by atoms with Gasteiger partial charge in [0.2, 0.25) is 11.8 Å². The van der Waals surface area contributed by atoms with Crippen molar-refractivity contribution in [1.29, 1.82) is 0 Å². The summed E-state index contributed by atoms with van der Waals surface area (Å²) in [5.41, 5.74) is 0.400. The number of allylic oxidation sites excluding steroid dienone is 2. The van der Waals surface area contributed by atoms with Crippen LogP contribution in [0, 0.1) is 11.8 Å². The van der Waals surface area contributed by atoms with Crippen molar-refractivity contribution >= 4 is 41.0 Å². The predicted molar refractivity (Wildman–Crippen MR) is 93.1 cm³/mol. The molecule has 0 aromatic heterocycles. The molecule has 0 bridgehead atoms. The number of carbonyl (C=O) groups excluding carboxylic acids is 4. The number of rotatable bonds is 5. The van der Waals surface area contributed by atoms with Gasteiger partial charge in [0.25, 0.3) is 5.91 Å². The molecule has 1 aliphatic carbocycles. The number of hydrogen-bond acceptors (Lipinski definition) is 5. The molecule has 0 spiro atoms. The van der Waals surface area contributed by atoms with Gasteiger partial charge in [-0.15, -0.1) is 0 Å². The minimum atomic E-state index is -0.812. The summed E-state index contributed by atoms with van der Waals surface area (Å²) in [5.74, 6) is -2.90. The van der Waals surface area contributed by atoms with Crippen molar-refractivity contribution in [2.75, 3.05) is 18.5 Å². The number of nitrogens with zero attached hydrogens (tertiary/aromatic N) is 1. The van der Waals surface area contributed by atoms with Gasteiger partial charge in [-0.05, 0) is 25.0 Å². The van der Waals surface area contributed by atoms with Gasteiger partial charge < -0.3 is 10.1 Å². The summed E-state index contributed by atoms with van der Waals surface area (Å²) in [6.45, 7) is -1.02. The fourth-order valence-electron chi connectivity index (χ4n) is 3.09. The molecule has 1 heterocycles. The lowest BCUT2D eigenvalue weighted by atomic mass is 9.85. The zero-order valence-corrected chi connectivity index (χ0v) is 14.6. The molecule has 136 valence electrons. The van der Waals surface area contributed by atoms with E-state index in [0.29, 0.717) is 23.6 Å². The van der Waals surface area contributed by atoms with E-state index in [9.17, 15) is 19.2 Å². The molecule has 26 heavy (non-hydrogen) atoms. The first kappa shape index (κ1) is 18.1. The number of amides is 3. The van der Waals surface area contributed by atoms with E-state index in [0.717, 1.165) is 4.90 Å². The zero-order valence-electron chi connectivity index (χ0n) is 13.8. The molecule has 1 saturated heterocycles. The van der Waals surface area contributed by atoms with Crippen molar-refractivity contribution in [1.82, 2.24) is 4.90 Å². The van der Waals surface area contributed by atoms with Gasteiger partial charge >= 0.3 is 5.97 Å². The Bertz CT molecular complexity index is 766. The fraction of sp³-hybridized carbons (Fsp3) is 0.333. The molecule has 2 atom stereocenters. The van der Waals surface area contributed by atoms with Crippen LogP contribution < -0.4 is 5.32 Å². The van der Waals surface area contributed by atoms with Crippen LogP contribution in [0.15, 0.2) is 36.4 Å². The molecule has 7 nitrogen and oxygen atoms in total. The Morgan fingerprint density at radius 1 is 1.12 bits per heavy atom. The summed E-state index contributed by atoms with van der Waals surface area (Å²) in [6, 6.07) is 6.64. The van der Waals surface area contributed by atoms with E-state index >= 15 is 0 Å². The van der Waals surface area contributed by atoms with Gasteiger partial charge in [0.15, 0.2) is 6.61 Å². The van der Waals surface area contributed by atoms with E-state index in [2.05, 4.69) is 5.32 Å². The van der Waals surface area contributed by atoms with Gasteiger partial charge in [-0.1, -0.05) is 35.9 Å². The number of nitrogens with one attached hydrogen (secondary N) is 1. The molecule has 0 unspecified atom stereocenters. The van der Waals surface area contributed by atoms with Crippen LogP contribution in [0.2, 0.25) is 5.02 Å². The molecule has 1 aliphatic heterocycles. The zero-order chi connectivity index (χ0) is 18.7. The molecule has 1 fully saturated rings. The Hall–Kier alpha value is -2.67. The summed E-state index contributed by atoms with van der Waals surface area (Å²) in [6.07, 6.45) is 4.74. The number of esters is 1. The summed E-state index contributed by atoms with van der Waals surface area (Å²) < 4.78 is 4.87. The largest absolute Gasteiger partial charge is 0.454 e. The molecule has 3 amide bonds. The smallest absolute Gasteiger partial charge is 0.326 e. The number of carbonyl (C=O) groups is 4. The Kier molecular flexibility index (Phi) is 5.37. The van der Waals surface area contributed by atoms with Crippen molar-refractivity contribution in [3.8, 4) is 0 Å². The van der Waals surface area contributed by atoms with Gasteiger partial charge in [0.1, 0.15) is 6.54 Å². The fourth-order valence-corrected chi connectivity index (χ4v) is 3.28. The predicted octanol–water partition coefficient (Wildman–Crippen LogP) is 1.77. The summed E-state index contributed by atoms with van der Waals surface area (Å²) >= 11 is 5.93. The highest BCUT2D eigenvalue weighted by Gasteiger charge is 2.47. The molecular formula is C18H17ClN2O5. The second kappa shape index (κ2) is 7.70. The Morgan fingerprint density at radius 3 is 2.35 bits per heavy atom. The average molecular weight is 377 g/mol. The van der Waals surface area contributed by atoms with Crippen LogP contribution in [-0.4, -0.2) is 41.7 Å². The molecule has 8 heteroatoms. The van der Waals surface area contributed by atoms with E-state index in [1.54, 1.807) is 24.3 Å². The monoisotopic (exact) mass is 376 g/mol. The van der Waals surface area contributed by atoms with Crippen LogP contribution in [0.4, 0.5) is 5.69 Å². The minimum Gasteiger partial charge on any atom is -0.454 e. The number of likely N-dealkylation sites (tertiary alicyclic amines) is 1. The number of para-hydroxylation sites is 1. The van der Waals surface area contributed by atoms with Gasteiger partial charge in [-0.25, -0.2) is 0 Å². The first-order valence-corrected chi connectivity index (χ1v) is 8.55. The standard InChI is InChI=1S/C18H17ClN2O5/c19-13-7-3-4-8-14(13)20-15(22)10-26-16(23)9-21-17(24)11-5-1-2-6-12(11)18(21)25/h1-4,7-8,11-12H,5-6,9-10H2,(H,20,22)/t11-,12-/m1/s1. The molecule has 1 aromatic carbocycles. The molecule has 2 aliphatic rings. The van der Waals surface area contributed by atoms with E-state index in [1.807, 2.05) is 12.2 Å². The number of anilines is 1. The summed E-state index contributed by atoms with van der Waals surface area (Å²) in [7, 11) is 0. The maximum Gasteiger partial charge on any atom is 0.326 e. The SMILES string of the molecule is O=C(COC(=O)CN1C(=O)[C@@H]2CC=CC[C@H]2C1=O)Nc1ccccc1Cl. The lowest BCUT2D eigenvalue weighted by Gasteiger charge is -2.14.